The highest BCUT2D eigenvalue weighted by Gasteiger charge is 2.55. The van der Waals surface area contributed by atoms with Gasteiger partial charge in [-0.1, -0.05) is 24.3 Å². The number of imide groups is 1. The summed E-state index contributed by atoms with van der Waals surface area (Å²) in [6.07, 6.45) is 0.0431. The average molecular weight is 271 g/mol. The Morgan fingerprint density at radius 3 is 1.85 bits per heavy atom. The van der Waals surface area contributed by atoms with Crippen LogP contribution < -0.4 is 5.32 Å². The fraction of sp³-hybridized carbons (Fsp3) is 0.333. The molecular weight excluding hydrogens is 258 g/mol. The van der Waals surface area contributed by atoms with Crippen LogP contribution in [0.5, 0.6) is 0 Å². The van der Waals surface area contributed by atoms with E-state index < -0.39 is 23.1 Å². The van der Waals surface area contributed by atoms with Crippen LogP contribution >= 0.6 is 0 Å². The van der Waals surface area contributed by atoms with Gasteiger partial charge in [0, 0.05) is 24.0 Å². The first-order valence-electron chi connectivity index (χ1n) is 6.46. The van der Waals surface area contributed by atoms with Crippen molar-refractivity contribution < 1.29 is 19.2 Å². The van der Waals surface area contributed by atoms with E-state index in [1.54, 1.807) is 31.2 Å². The molecule has 5 nitrogen and oxygen atoms in total. The van der Waals surface area contributed by atoms with E-state index in [9.17, 15) is 19.2 Å². The molecule has 5 heteroatoms. The zero-order chi connectivity index (χ0) is 14.5. The van der Waals surface area contributed by atoms with Crippen LogP contribution in [0.1, 0.15) is 40.5 Å². The van der Waals surface area contributed by atoms with Gasteiger partial charge in [-0.3, -0.25) is 24.5 Å². The molecule has 1 aromatic rings. The first-order valence-corrected chi connectivity index (χ1v) is 6.46. The number of carbonyl (C=O) groups is 4. The Kier molecular flexibility index (Phi) is 2.61. The number of rotatable bonds is 1. The molecule has 3 rings (SSSR count). The van der Waals surface area contributed by atoms with E-state index in [4.69, 9.17) is 0 Å². The van der Waals surface area contributed by atoms with Crippen LogP contribution in [0, 0.1) is 11.3 Å². The molecule has 0 spiro atoms. The van der Waals surface area contributed by atoms with Crippen LogP contribution in [0.2, 0.25) is 0 Å². The van der Waals surface area contributed by atoms with Crippen LogP contribution in [0.4, 0.5) is 0 Å². The summed E-state index contributed by atoms with van der Waals surface area (Å²) in [4.78, 5) is 48.2. The molecule has 20 heavy (non-hydrogen) atoms. The Morgan fingerprint density at radius 1 is 0.950 bits per heavy atom. The van der Waals surface area contributed by atoms with Crippen LogP contribution in [-0.4, -0.2) is 23.4 Å². The number of amides is 2. The molecule has 0 radical (unpaired) electrons. The van der Waals surface area contributed by atoms with Crippen molar-refractivity contribution in [3.63, 3.8) is 0 Å². The third kappa shape index (κ3) is 1.56. The second-order valence-electron chi connectivity index (χ2n) is 5.48. The molecule has 1 fully saturated rings. The maximum atomic E-state index is 12.6. The fourth-order valence-corrected chi connectivity index (χ4v) is 3.10. The molecule has 1 aromatic carbocycles. The number of ketones is 2. The summed E-state index contributed by atoms with van der Waals surface area (Å²) in [6.45, 7) is 1.55. The molecule has 0 atom stereocenters. The zero-order valence-corrected chi connectivity index (χ0v) is 10.9. The van der Waals surface area contributed by atoms with Crippen molar-refractivity contribution >= 4 is 23.4 Å². The van der Waals surface area contributed by atoms with Crippen molar-refractivity contribution in [1.82, 2.24) is 5.32 Å². The van der Waals surface area contributed by atoms with Crippen molar-refractivity contribution in [2.24, 2.45) is 11.3 Å². The summed E-state index contributed by atoms with van der Waals surface area (Å²) in [5.41, 5.74) is -0.534. The van der Waals surface area contributed by atoms with E-state index >= 15 is 0 Å². The second kappa shape index (κ2) is 4.10. The SMILES string of the molecule is CC1(C2CC(=O)NC(=O)C2)C(=O)c2ccccc2C1=O. The predicted molar refractivity (Wildman–Crippen MR) is 69.1 cm³/mol. The molecule has 2 aliphatic rings. The van der Waals surface area contributed by atoms with E-state index in [-0.39, 0.29) is 24.4 Å². The van der Waals surface area contributed by atoms with Gasteiger partial charge in [-0.05, 0) is 12.8 Å². The molecule has 1 N–H and O–H groups in total. The standard InChI is InChI=1S/C15H13NO4/c1-15(8-6-11(17)16-12(18)7-8)13(19)9-4-2-3-5-10(9)14(15)20/h2-5,8H,6-7H2,1H3,(H,16,17,18). The molecule has 0 aromatic heterocycles. The van der Waals surface area contributed by atoms with Gasteiger partial charge in [-0.15, -0.1) is 0 Å². The van der Waals surface area contributed by atoms with E-state index in [2.05, 4.69) is 5.32 Å². The molecule has 0 bridgehead atoms. The molecule has 2 amide bonds. The van der Waals surface area contributed by atoms with Gasteiger partial charge in [-0.2, -0.15) is 0 Å². The van der Waals surface area contributed by atoms with Crippen LogP contribution in [-0.2, 0) is 9.59 Å². The summed E-state index contributed by atoms with van der Waals surface area (Å²) < 4.78 is 0. The Morgan fingerprint density at radius 2 is 1.40 bits per heavy atom. The van der Waals surface area contributed by atoms with Crippen molar-refractivity contribution in [2.75, 3.05) is 0 Å². The predicted octanol–water partition coefficient (Wildman–Crippen LogP) is 1.12. The number of nitrogens with one attached hydrogen (secondary N) is 1. The molecular formula is C15H13NO4. The lowest BCUT2D eigenvalue weighted by Crippen LogP contribution is -2.48. The van der Waals surface area contributed by atoms with Crippen LogP contribution in [0.25, 0.3) is 0 Å². The van der Waals surface area contributed by atoms with Crippen LogP contribution in [0.3, 0.4) is 0 Å². The highest BCUT2D eigenvalue weighted by atomic mass is 16.2. The summed E-state index contributed by atoms with van der Waals surface area (Å²) >= 11 is 0. The third-order valence-electron chi connectivity index (χ3n) is 4.32. The first kappa shape index (κ1) is 12.7. The maximum absolute atomic E-state index is 12.6. The van der Waals surface area contributed by atoms with Gasteiger partial charge in [0.2, 0.25) is 11.8 Å². The maximum Gasteiger partial charge on any atom is 0.226 e. The van der Waals surface area contributed by atoms with Crippen molar-refractivity contribution in [3.05, 3.63) is 35.4 Å². The average Bonchev–Trinajstić information content (AvgIpc) is 2.62. The topological polar surface area (TPSA) is 80.3 Å². The van der Waals surface area contributed by atoms with Crippen LogP contribution in [0.15, 0.2) is 24.3 Å². The number of hydrogen-bond donors (Lipinski definition) is 1. The minimum atomic E-state index is -1.31. The third-order valence-corrected chi connectivity index (χ3v) is 4.32. The lowest BCUT2D eigenvalue weighted by molar-refractivity contribution is -0.135. The van der Waals surface area contributed by atoms with Crippen molar-refractivity contribution in [2.45, 2.75) is 19.8 Å². The molecule has 1 aliphatic carbocycles. The summed E-state index contributed by atoms with van der Waals surface area (Å²) in [5, 5.41) is 2.20. The molecule has 1 saturated heterocycles. The highest BCUT2D eigenvalue weighted by Crippen LogP contribution is 2.45. The van der Waals surface area contributed by atoms with E-state index in [1.165, 1.54) is 0 Å². The van der Waals surface area contributed by atoms with E-state index in [0.29, 0.717) is 11.1 Å². The Bertz CT molecular complexity index is 611. The molecule has 0 unspecified atom stereocenters. The molecule has 0 saturated carbocycles. The van der Waals surface area contributed by atoms with Crippen molar-refractivity contribution in [1.29, 1.82) is 0 Å². The summed E-state index contributed by atoms with van der Waals surface area (Å²) in [5.74, 6) is -2.00. The number of carbonyl (C=O) groups excluding carboxylic acids is 4. The quantitative estimate of drug-likeness (QED) is 0.613. The normalized spacial score (nSPS) is 21.9. The number of Topliss-reactive ketones (excluding diaryl/α,β-unsaturated/α-hetero) is 2. The second-order valence-corrected chi connectivity index (χ2v) is 5.48. The van der Waals surface area contributed by atoms with Gasteiger partial charge in [0.15, 0.2) is 11.6 Å². The largest absolute Gasteiger partial charge is 0.296 e. The Hall–Kier alpha value is -2.30. The molecule has 1 heterocycles. The molecule has 102 valence electrons. The number of hydrogen-bond acceptors (Lipinski definition) is 4. The highest BCUT2D eigenvalue weighted by molar-refractivity contribution is 6.29. The molecule has 1 aliphatic heterocycles. The minimum Gasteiger partial charge on any atom is -0.296 e. The van der Waals surface area contributed by atoms with Gasteiger partial charge in [0.05, 0.1) is 5.41 Å². The lowest BCUT2D eigenvalue weighted by atomic mass is 9.69. The van der Waals surface area contributed by atoms with Gasteiger partial charge >= 0.3 is 0 Å². The smallest absolute Gasteiger partial charge is 0.226 e. The minimum absolute atomic E-state index is 0.0215. The number of fused-ring (bicyclic) bond motifs is 1. The summed E-state index contributed by atoms with van der Waals surface area (Å²) in [7, 11) is 0. The van der Waals surface area contributed by atoms with Gasteiger partial charge in [0.25, 0.3) is 0 Å². The Balaban J connectivity index is 2.06. The Labute approximate surface area is 115 Å². The van der Waals surface area contributed by atoms with Gasteiger partial charge in [-0.25, -0.2) is 0 Å². The first-order chi connectivity index (χ1) is 9.44. The number of piperidine rings is 1. The summed E-state index contributed by atoms with van der Waals surface area (Å²) in [6, 6.07) is 6.64. The lowest BCUT2D eigenvalue weighted by Gasteiger charge is -2.32. The fourth-order valence-electron chi connectivity index (χ4n) is 3.10. The van der Waals surface area contributed by atoms with Gasteiger partial charge < -0.3 is 0 Å². The van der Waals surface area contributed by atoms with E-state index in [0.717, 1.165) is 0 Å². The monoisotopic (exact) mass is 271 g/mol. The van der Waals surface area contributed by atoms with E-state index in [1.807, 2.05) is 0 Å². The number of benzene rings is 1. The van der Waals surface area contributed by atoms with Crippen molar-refractivity contribution in [3.8, 4) is 0 Å². The zero-order valence-electron chi connectivity index (χ0n) is 10.9. The van der Waals surface area contributed by atoms with Gasteiger partial charge in [0.1, 0.15) is 0 Å².